The standard InChI is InChI=1S/C21H16OS/c1-22-17-13-16-9-5-6-10-18(16)19(14-17)21-12-11-20(23-21)15-7-3-2-4-8-15/h2-14H,1H3. The fraction of sp³-hybridized carbons (Fsp3) is 0.0476. The summed E-state index contributed by atoms with van der Waals surface area (Å²) in [6.07, 6.45) is 0. The molecule has 0 N–H and O–H groups in total. The lowest BCUT2D eigenvalue weighted by Gasteiger charge is -2.08. The summed E-state index contributed by atoms with van der Waals surface area (Å²) in [5.41, 5.74) is 2.49. The Morgan fingerprint density at radius 3 is 2.30 bits per heavy atom. The van der Waals surface area contributed by atoms with Crippen molar-refractivity contribution in [2.75, 3.05) is 7.11 Å². The molecule has 0 aliphatic heterocycles. The van der Waals surface area contributed by atoms with E-state index in [0.29, 0.717) is 0 Å². The van der Waals surface area contributed by atoms with Crippen LogP contribution in [0, 0.1) is 0 Å². The van der Waals surface area contributed by atoms with Crippen molar-refractivity contribution < 1.29 is 4.74 Å². The average molecular weight is 316 g/mol. The lowest BCUT2D eigenvalue weighted by atomic mass is 10.0. The van der Waals surface area contributed by atoms with Crippen molar-refractivity contribution in [1.82, 2.24) is 0 Å². The second kappa shape index (κ2) is 5.90. The molecule has 0 bridgehead atoms. The molecular formula is C21H16OS. The maximum absolute atomic E-state index is 5.48. The van der Waals surface area contributed by atoms with Gasteiger partial charge in [0.25, 0.3) is 0 Å². The quantitative estimate of drug-likeness (QED) is 0.434. The molecule has 2 heteroatoms. The minimum Gasteiger partial charge on any atom is -0.497 e. The van der Waals surface area contributed by atoms with E-state index >= 15 is 0 Å². The van der Waals surface area contributed by atoms with Gasteiger partial charge in [0.05, 0.1) is 7.11 Å². The first-order valence-electron chi connectivity index (χ1n) is 7.57. The van der Waals surface area contributed by atoms with Crippen LogP contribution < -0.4 is 4.74 Å². The third-order valence-electron chi connectivity index (χ3n) is 4.00. The summed E-state index contributed by atoms with van der Waals surface area (Å²) >= 11 is 1.82. The Morgan fingerprint density at radius 2 is 1.48 bits per heavy atom. The highest BCUT2D eigenvalue weighted by Gasteiger charge is 2.10. The van der Waals surface area contributed by atoms with Gasteiger partial charge in [0.1, 0.15) is 5.75 Å². The molecule has 0 spiro atoms. The molecule has 0 aliphatic rings. The molecule has 0 saturated heterocycles. The van der Waals surface area contributed by atoms with Gasteiger partial charge in [-0.1, -0.05) is 54.6 Å². The van der Waals surface area contributed by atoms with Crippen LogP contribution in [0.25, 0.3) is 31.7 Å². The molecular weight excluding hydrogens is 300 g/mol. The molecule has 1 aromatic heterocycles. The van der Waals surface area contributed by atoms with Gasteiger partial charge >= 0.3 is 0 Å². The Labute approximate surface area is 139 Å². The zero-order valence-corrected chi connectivity index (χ0v) is 13.6. The number of hydrogen-bond acceptors (Lipinski definition) is 2. The van der Waals surface area contributed by atoms with E-state index in [9.17, 15) is 0 Å². The predicted octanol–water partition coefficient (Wildman–Crippen LogP) is 6.24. The molecule has 0 radical (unpaired) electrons. The molecule has 0 atom stereocenters. The summed E-state index contributed by atoms with van der Waals surface area (Å²) in [6, 6.07) is 27.6. The second-order valence-electron chi connectivity index (χ2n) is 5.43. The third-order valence-corrected chi connectivity index (χ3v) is 5.17. The van der Waals surface area contributed by atoms with Crippen molar-refractivity contribution in [2.24, 2.45) is 0 Å². The van der Waals surface area contributed by atoms with Gasteiger partial charge in [-0.25, -0.2) is 0 Å². The number of benzene rings is 3. The zero-order valence-electron chi connectivity index (χ0n) is 12.8. The van der Waals surface area contributed by atoms with Crippen LogP contribution >= 0.6 is 11.3 Å². The minimum atomic E-state index is 0.897. The summed E-state index contributed by atoms with van der Waals surface area (Å²) in [6.45, 7) is 0. The number of thiophene rings is 1. The topological polar surface area (TPSA) is 9.23 Å². The highest BCUT2D eigenvalue weighted by Crippen LogP contribution is 2.39. The lowest BCUT2D eigenvalue weighted by molar-refractivity contribution is 0.415. The van der Waals surface area contributed by atoms with Gasteiger partial charge in [-0.2, -0.15) is 0 Å². The molecule has 1 heterocycles. The van der Waals surface area contributed by atoms with Gasteiger partial charge in [0, 0.05) is 15.3 Å². The number of ether oxygens (including phenoxy) is 1. The van der Waals surface area contributed by atoms with E-state index in [4.69, 9.17) is 4.74 Å². The van der Waals surface area contributed by atoms with E-state index < -0.39 is 0 Å². The van der Waals surface area contributed by atoms with Crippen molar-refractivity contribution in [1.29, 1.82) is 0 Å². The average Bonchev–Trinajstić information content (AvgIpc) is 3.11. The van der Waals surface area contributed by atoms with E-state index in [2.05, 4.69) is 72.8 Å². The van der Waals surface area contributed by atoms with Crippen LogP contribution in [-0.4, -0.2) is 7.11 Å². The molecule has 0 saturated carbocycles. The third kappa shape index (κ3) is 2.62. The fourth-order valence-electron chi connectivity index (χ4n) is 2.85. The molecule has 4 aromatic rings. The van der Waals surface area contributed by atoms with Crippen molar-refractivity contribution in [3.05, 3.63) is 78.9 Å². The van der Waals surface area contributed by atoms with E-state index in [1.165, 1.54) is 31.7 Å². The Morgan fingerprint density at radius 1 is 0.739 bits per heavy atom. The molecule has 0 fully saturated rings. The van der Waals surface area contributed by atoms with Crippen LogP contribution in [0.3, 0.4) is 0 Å². The number of hydrogen-bond donors (Lipinski definition) is 0. The van der Waals surface area contributed by atoms with Gasteiger partial charge in [-0.05, 0) is 40.6 Å². The summed E-state index contributed by atoms with van der Waals surface area (Å²) in [5.74, 6) is 0.897. The number of rotatable bonds is 3. The molecule has 23 heavy (non-hydrogen) atoms. The van der Waals surface area contributed by atoms with Gasteiger partial charge in [0.15, 0.2) is 0 Å². The molecule has 1 nitrogen and oxygen atoms in total. The minimum absolute atomic E-state index is 0.897. The van der Waals surface area contributed by atoms with E-state index in [1.54, 1.807) is 7.11 Å². The normalized spacial score (nSPS) is 10.8. The summed E-state index contributed by atoms with van der Waals surface area (Å²) in [4.78, 5) is 2.55. The Bertz CT molecular complexity index is 954. The summed E-state index contributed by atoms with van der Waals surface area (Å²) in [7, 11) is 1.72. The van der Waals surface area contributed by atoms with Crippen molar-refractivity contribution in [3.63, 3.8) is 0 Å². The highest BCUT2D eigenvalue weighted by atomic mass is 32.1. The second-order valence-corrected chi connectivity index (χ2v) is 6.51. The SMILES string of the molecule is COc1cc(-c2ccc(-c3ccccc3)s2)c2ccccc2c1. The molecule has 112 valence electrons. The van der Waals surface area contributed by atoms with Crippen molar-refractivity contribution in [3.8, 4) is 26.6 Å². The van der Waals surface area contributed by atoms with Crippen LogP contribution in [-0.2, 0) is 0 Å². The molecule has 0 amide bonds. The Hall–Kier alpha value is -2.58. The van der Waals surface area contributed by atoms with Gasteiger partial charge in [-0.15, -0.1) is 11.3 Å². The number of methoxy groups -OCH3 is 1. The van der Waals surface area contributed by atoms with Crippen LogP contribution in [0.2, 0.25) is 0 Å². The zero-order chi connectivity index (χ0) is 15.6. The maximum atomic E-state index is 5.48. The molecule has 0 unspecified atom stereocenters. The summed E-state index contributed by atoms with van der Waals surface area (Å²) in [5, 5.41) is 2.46. The van der Waals surface area contributed by atoms with Gasteiger partial charge < -0.3 is 4.74 Å². The first kappa shape index (κ1) is 14.0. The molecule has 0 aliphatic carbocycles. The first-order valence-corrected chi connectivity index (χ1v) is 8.39. The van der Waals surface area contributed by atoms with Crippen LogP contribution in [0.5, 0.6) is 5.75 Å². The maximum Gasteiger partial charge on any atom is 0.120 e. The van der Waals surface area contributed by atoms with Crippen molar-refractivity contribution >= 4 is 22.1 Å². The Balaban J connectivity index is 1.88. The Kier molecular flexibility index (Phi) is 3.60. The van der Waals surface area contributed by atoms with Gasteiger partial charge in [-0.3, -0.25) is 0 Å². The van der Waals surface area contributed by atoms with E-state index in [-0.39, 0.29) is 0 Å². The van der Waals surface area contributed by atoms with E-state index in [1.807, 2.05) is 17.4 Å². The van der Waals surface area contributed by atoms with Crippen LogP contribution in [0.4, 0.5) is 0 Å². The summed E-state index contributed by atoms with van der Waals surface area (Å²) < 4.78 is 5.48. The smallest absolute Gasteiger partial charge is 0.120 e. The van der Waals surface area contributed by atoms with E-state index in [0.717, 1.165) is 5.75 Å². The van der Waals surface area contributed by atoms with Crippen LogP contribution in [0.1, 0.15) is 0 Å². The van der Waals surface area contributed by atoms with Crippen molar-refractivity contribution in [2.45, 2.75) is 0 Å². The first-order chi connectivity index (χ1) is 11.3. The lowest BCUT2D eigenvalue weighted by Crippen LogP contribution is -1.85. The molecule has 4 rings (SSSR count). The monoisotopic (exact) mass is 316 g/mol. The van der Waals surface area contributed by atoms with Crippen LogP contribution in [0.15, 0.2) is 78.9 Å². The number of fused-ring (bicyclic) bond motifs is 1. The molecule has 3 aromatic carbocycles. The highest BCUT2D eigenvalue weighted by molar-refractivity contribution is 7.18. The largest absolute Gasteiger partial charge is 0.497 e. The predicted molar refractivity (Wildman–Crippen MR) is 99.2 cm³/mol. The fourth-order valence-corrected chi connectivity index (χ4v) is 3.89. The van der Waals surface area contributed by atoms with Gasteiger partial charge in [0.2, 0.25) is 0 Å².